The fourth-order valence-electron chi connectivity index (χ4n) is 3.67. The van der Waals surface area contributed by atoms with Crippen LogP contribution >= 0.6 is 0 Å². The quantitative estimate of drug-likeness (QED) is 0.747. The van der Waals surface area contributed by atoms with Gasteiger partial charge in [0.1, 0.15) is 0 Å². The van der Waals surface area contributed by atoms with Crippen LogP contribution < -0.4 is 9.47 Å². The Balaban J connectivity index is 1.50. The second-order valence-corrected chi connectivity index (χ2v) is 7.46. The monoisotopic (exact) mass is 353 g/mol. The van der Waals surface area contributed by atoms with E-state index in [0.29, 0.717) is 6.10 Å². The predicted molar refractivity (Wildman–Crippen MR) is 103 cm³/mol. The first-order chi connectivity index (χ1) is 12.7. The number of likely N-dealkylation sites (tertiary alicyclic amines) is 1. The number of allylic oxidation sites excluding steroid dienone is 2. The first-order valence-corrected chi connectivity index (χ1v) is 9.78. The number of carbonyl (C=O) groups excluding carboxylic acids is 1. The number of piperidine rings is 1. The first-order valence-electron chi connectivity index (χ1n) is 9.78. The largest absolute Gasteiger partial charge is 0.493 e. The summed E-state index contributed by atoms with van der Waals surface area (Å²) < 4.78 is 11.5. The van der Waals surface area contributed by atoms with Gasteiger partial charge in [0.15, 0.2) is 11.5 Å². The van der Waals surface area contributed by atoms with Crippen molar-refractivity contribution >= 4 is 12.0 Å². The molecule has 138 valence electrons. The number of methoxy groups -OCH3 is 1. The van der Waals surface area contributed by atoms with Crippen molar-refractivity contribution in [3.63, 3.8) is 0 Å². The predicted octanol–water partition coefficient (Wildman–Crippen LogP) is 4.13. The molecule has 2 fully saturated rings. The minimum absolute atomic E-state index is 0.142. The van der Waals surface area contributed by atoms with Gasteiger partial charge in [-0.2, -0.15) is 0 Å². The molecule has 0 spiro atoms. The molecular weight excluding hydrogens is 326 g/mol. The normalized spacial score (nSPS) is 19.9. The summed E-state index contributed by atoms with van der Waals surface area (Å²) in [6, 6.07) is 4.19. The van der Waals surface area contributed by atoms with Gasteiger partial charge in [-0.1, -0.05) is 12.2 Å². The molecule has 26 heavy (non-hydrogen) atoms. The van der Waals surface area contributed by atoms with Crippen molar-refractivity contribution in [3.05, 3.63) is 41.0 Å². The van der Waals surface area contributed by atoms with Gasteiger partial charge in [0, 0.05) is 19.2 Å². The molecule has 1 saturated heterocycles. The van der Waals surface area contributed by atoms with E-state index in [1.54, 1.807) is 13.2 Å². The Kier molecular flexibility index (Phi) is 5.00. The van der Waals surface area contributed by atoms with Crippen LogP contribution in [0.25, 0.3) is 6.08 Å². The SMILES string of the molecule is COc1cc2c(cc1OC1CC1)C=C(/C=C/C(=O)N1CCCCC1)CC2. The highest BCUT2D eigenvalue weighted by Crippen LogP contribution is 2.38. The molecule has 1 aliphatic heterocycles. The Hall–Kier alpha value is -2.23. The van der Waals surface area contributed by atoms with Gasteiger partial charge in [-0.25, -0.2) is 0 Å². The molecule has 0 unspecified atom stereocenters. The van der Waals surface area contributed by atoms with E-state index in [2.05, 4.69) is 18.2 Å². The van der Waals surface area contributed by atoms with Crippen molar-refractivity contribution < 1.29 is 14.3 Å². The van der Waals surface area contributed by atoms with E-state index < -0.39 is 0 Å². The number of ether oxygens (including phenoxy) is 2. The molecule has 0 bridgehead atoms. The maximum absolute atomic E-state index is 12.3. The van der Waals surface area contributed by atoms with Gasteiger partial charge in [0.25, 0.3) is 0 Å². The van der Waals surface area contributed by atoms with Gasteiger partial charge in [-0.05, 0) is 73.8 Å². The summed E-state index contributed by atoms with van der Waals surface area (Å²) >= 11 is 0. The van der Waals surface area contributed by atoms with E-state index in [-0.39, 0.29) is 5.91 Å². The van der Waals surface area contributed by atoms with Crippen LogP contribution in [0.1, 0.15) is 49.7 Å². The second kappa shape index (κ2) is 7.56. The molecule has 4 nitrogen and oxygen atoms in total. The van der Waals surface area contributed by atoms with Crippen LogP contribution in [0.15, 0.2) is 29.9 Å². The summed E-state index contributed by atoms with van der Waals surface area (Å²) in [7, 11) is 1.69. The summed E-state index contributed by atoms with van der Waals surface area (Å²) in [6.07, 6.45) is 13.9. The summed E-state index contributed by atoms with van der Waals surface area (Å²) in [6.45, 7) is 1.79. The van der Waals surface area contributed by atoms with Crippen LogP contribution in [0, 0.1) is 0 Å². The van der Waals surface area contributed by atoms with Gasteiger partial charge >= 0.3 is 0 Å². The van der Waals surface area contributed by atoms with Crippen molar-refractivity contribution in [3.8, 4) is 11.5 Å². The van der Waals surface area contributed by atoms with Gasteiger partial charge in [-0.15, -0.1) is 0 Å². The van der Waals surface area contributed by atoms with Crippen molar-refractivity contribution in [1.29, 1.82) is 0 Å². The van der Waals surface area contributed by atoms with Crippen LogP contribution in [-0.2, 0) is 11.2 Å². The zero-order valence-corrected chi connectivity index (χ0v) is 15.5. The molecule has 1 saturated carbocycles. The fraction of sp³-hybridized carbons (Fsp3) is 0.500. The molecule has 4 heteroatoms. The molecular formula is C22H27NO3. The van der Waals surface area contributed by atoms with Crippen LogP contribution in [0.2, 0.25) is 0 Å². The van der Waals surface area contributed by atoms with Crippen LogP contribution in [0.4, 0.5) is 0 Å². The number of aryl methyl sites for hydroxylation is 1. The molecule has 4 rings (SSSR count). The molecule has 2 aliphatic carbocycles. The number of nitrogens with zero attached hydrogens (tertiary/aromatic N) is 1. The molecule has 1 heterocycles. The average molecular weight is 353 g/mol. The number of carbonyl (C=O) groups is 1. The molecule has 0 N–H and O–H groups in total. The highest BCUT2D eigenvalue weighted by molar-refractivity contribution is 5.88. The lowest BCUT2D eigenvalue weighted by Crippen LogP contribution is -2.34. The van der Waals surface area contributed by atoms with Crippen molar-refractivity contribution in [2.45, 2.75) is 51.0 Å². The minimum atomic E-state index is 0.142. The lowest BCUT2D eigenvalue weighted by molar-refractivity contribution is -0.126. The Morgan fingerprint density at radius 1 is 1.12 bits per heavy atom. The van der Waals surface area contributed by atoms with E-state index in [1.165, 1.54) is 23.1 Å². The van der Waals surface area contributed by atoms with Crippen LogP contribution in [-0.4, -0.2) is 37.1 Å². The third kappa shape index (κ3) is 3.95. The van der Waals surface area contributed by atoms with Crippen LogP contribution in [0.5, 0.6) is 11.5 Å². The fourth-order valence-corrected chi connectivity index (χ4v) is 3.67. The number of fused-ring (bicyclic) bond motifs is 1. The van der Waals surface area contributed by atoms with E-state index in [1.807, 2.05) is 11.0 Å². The maximum atomic E-state index is 12.3. The molecule has 0 aromatic heterocycles. The zero-order chi connectivity index (χ0) is 17.9. The maximum Gasteiger partial charge on any atom is 0.246 e. The highest BCUT2D eigenvalue weighted by Gasteiger charge is 2.26. The molecule has 1 amide bonds. The lowest BCUT2D eigenvalue weighted by Gasteiger charge is -2.25. The number of rotatable bonds is 5. The average Bonchev–Trinajstić information content (AvgIpc) is 3.50. The highest BCUT2D eigenvalue weighted by atomic mass is 16.5. The van der Waals surface area contributed by atoms with Crippen molar-refractivity contribution in [2.75, 3.05) is 20.2 Å². The summed E-state index contributed by atoms with van der Waals surface area (Å²) in [5.41, 5.74) is 3.66. The van der Waals surface area contributed by atoms with E-state index in [0.717, 1.165) is 63.1 Å². The summed E-state index contributed by atoms with van der Waals surface area (Å²) in [5.74, 6) is 1.80. The van der Waals surface area contributed by atoms with E-state index in [4.69, 9.17) is 9.47 Å². The standard InChI is InChI=1S/C22H27NO3/c1-25-20-14-17-7-5-16(6-10-22(24)23-11-3-2-4-12-23)13-18(17)15-21(20)26-19-8-9-19/h6,10,13-15,19H,2-5,7-9,11-12H2,1H3/b10-6+. The van der Waals surface area contributed by atoms with Crippen LogP contribution in [0.3, 0.4) is 0 Å². The third-order valence-corrected chi connectivity index (χ3v) is 5.38. The molecule has 1 aromatic carbocycles. The molecule has 0 radical (unpaired) electrons. The Morgan fingerprint density at radius 3 is 2.65 bits per heavy atom. The zero-order valence-electron chi connectivity index (χ0n) is 15.5. The van der Waals surface area contributed by atoms with Gasteiger partial charge in [0.05, 0.1) is 13.2 Å². The van der Waals surface area contributed by atoms with Crippen molar-refractivity contribution in [2.24, 2.45) is 0 Å². The number of amides is 1. The van der Waals surface area contributed by atoms with Gasteiger partial charge in [0.2, 0.25) is 5.91 Å². The summed E-state index contributed by atoms with van der Waals surface area (Å²) in [4.78, 5) is 14.3. The lowest BCUT2D eigenvalue weighted by atomic mass is 9.91. The smallest absolute Gasteiger partial charge is 0.246 e. The third-order valence-electron chi connectivity index (χ3n) is 5.38. The van der Waals surface area contributed by atoms with E-state index in [9.17, 15) is 4.79 Å². The van der Waals surface area contributed by atoms with Crippen molar-refractivity contribution in [1.82, 2.24) is 4.90 Å². The molecule has 1 aromatic rings. The number of benzene rings is 1. The van der Waals surface area contributed by atoms with Gasteiger partial charge < -0.3 is 14.4 Å². The number of hydrogen-bond donors (Lipinski definition) is 0. The second-order valence-electron chi connectivity index (χ2n) is 7.46. The molecule has 3 aliphatic rings. The molecule has 0 atom stereocenters. The minimum Gasteiger partial charge on any atom is -0.493 e. The first kappa shape index (κ1) is 17.2. The number of hydrogen-bond acceptors (Lipinski definition) is 3. The van der Waals surface area contributed by atoms with Gasteiger partial charge in [-0.3, -0.25) is 4.79 Å². The Labute approximate surface area is 155 Å². The summed E-state index contributed by atoms with van der Waals surface area (Å²) in [5, 5.41) is 0. The Bertz CT molecular complexity index is 740. The Morgan fingerprint density at radius 2 is 1.92 bits per heavy atom. The topological polar surface area (TPSA) is 38.8 Å². The van der Waals surface area contributed by atoms with E-state index >= 15 is 0 Å².